The summed E-state index contributed by atoms with van der Waals surface area (Å²) < 4.78 is 11.6. The summed E-state index contributed by atoms with van der Waals surface area (Å²) in [5, 5.41) is 0. The van der Waals surface area contributed by atoms with Gasteiger partial charge in [0.2, 0.25) is 0 Å². The fourth-order valence-corrected chi connectivity index (χ4v) is 3.38. The molecular formula is C21H36O3. The average molecular weight is 337 g/mol. The highest BCUT2D eigenvalue weighted by Crippen LogP contribution is 2.35. The lowest BCUT2D eigenvalue weighted by Gasteiger charge is -2.37. The first kappa shape index (κ1) is 21.0. The molecule has 0 heterocycles. The van der Waals surface area contributed by atoms with Crippen LogP contribution in [0, 0.1) is 17.8 Å². The summed E-state index contributed by atoms with van der Waals surface area (Å²) >= 11 is 0. The van der Waals surface area contributed by atoms with Gasteiger partial charge in [-0.3, -0.25) is 0 Å². The molecule has 3 heteroatoms. The Balaban J connectivity index is 2.63. The van der Waals surface area contributed by atoms with Crippen LogP contribution in [0.1, 0.15) is 66.7 Å². The Labute approximate surface area is 148 Å². The van der Waals surface area contributed by atoms with E-state index in [-0.39, 0.29) is 12.1 Å². The number of rotatable bonds is 9. The molecule has 0 bridgehead atoms. The molecule has 0 aromatic carbocycles. The standard InChI is InChI=1S/C21H36O3/c1-7-8-9-10-13-23-20(16(4)5)21(22)24-19-14-17(6)11-12-18(19)15(2)3/h9-10,15,17-20H,4,7-8,11-14H2,1-3,5-6H3/b10-9+/t17-,18+,19-,20?/m1/s1. The van der Waals surface area contributed by atoms with Gasteiger partial charge in [-0.15, -0.1) is 0 Å². The monoisotopic (exact) mass is 336 g/mol. The normalized spacial score (nSPS) is 25.8. The van der Waals surface area contributed by atoms with E-state index in [2.05, 4.69) is 40.3 Å². The number of carbonyl (C=O) groups is 1. The van der Waals surface area contributed by atoms with Crippen LogP contribution in [0.2, 0.25) is 0 Å². The van der Waals surface area contributed by atoms with Crippen molar-refractivity contribution >= 4 is 5.97 Å². The summed E-state index contributed by atoms with van der Waals surface area (Å²) in [7, 11) is 0. The van der Waals surface area contributed by atoms with Crippen LogP contribution in [0.5, 0.6) is 0 Å². The lowest BCUT2D eigenvalue weighted by atomic mass is 9.75. The molecule has 1 saturated carbocycles. The third-order valence-electron chi connectivity index (χ3n) is 4.87. The zero-order valence-electron chi connectivity index (χ0n) is 16.2. The van der Waals surface area contributed by atoms with E-state index in [1.54, 1.807) is 0 Å². The van der Waals surface area contributed by atoms with Crippen LogP contribution in [0.15, 0.2) is 24.3 Å². The van der Waals surface area contributed by atoms with E-state index in [1.807, 2.05) is 13.0 Å². The second kappa shape index (κ2) is 10.7. The minimum absolute atomic E-state index is 0.00216. The lowest BCUT2D eigenvalue weighted by Crippen LogP contribution is -2.39. The third-order valence-corrected chi connectivity index (χ3v) is 4.87. The molecule has 1 aliphatic carbocycles. The topological polar surface area (TPSA) is 35.5 Å². The van der Waals surface area contributed by atoms with E-state index in [9.17, 15) is 4.79 Å². The molecule has 0 aromatic heterocycles. The Bertz CT molecular complexity index is 425. The van der Waals surface area contributed by atoms with Gasteiger partial charge in [0.15, 0.2) is 6.10 Å². The number of ether oxygens (including phenoxy) is 2. The van der Waals surface area contributed by atoms with Crippen molar-refractivity contribution in [2.75, 3.05) is 6.61 Å². The Morgan fingerprint density at radius 2 is 2.00 bits per heavy atom. The van der Waals surface area contributed by atoms with Crippen molar-refractivity contribution in [1.29, 1.82) is 0 Å². The van der Waals surface area contributed by atoms with Gasteiger partial charge in [-0.25, -0.2) is 4.79 Å². The molecule has 1 rings (SSSR count). The van der Waals surface area contributed by atoms with Crippen LogP contribution in [0.4, 0.5) is 0 Å². The first-order valence-electron chi connectivity index (χ1n) is 9.49. The number of unbranched alkanes of at least 4 members (excludes halogenated alkanes) is 1. The molecule has 0 radical (unpaired) electrons. The minimum Gasteiger partial charge on any atom is -0.460 e. The van der Waals surface area contributed by atoms with Crippen LogP contribution >= 0.6 is 0 Å². The zero-order chi connectivity index (χ0) is 18.1. The maximum absolute atomic E-state index is 12.6. The predicted molar refractivity (Wildman–Crippen MR) is 99.8 cm³/mol. The molecule has 4 atom stereocenters. The van der Waals surface area contributed by atoms with Crippen LogP contribution in [0.25, 0.3) is 0 Å². The van der Waals surface area contributed by atoms with E-state index in [1.165, 1.54) is 6.42 Å². The molecule has 0 aromatic rings. The highest BCUT2D eigenvalue weighted by molar-refractivity contribution is 5.78. The van der Waals surface area contributed by atoms with Gasteiger partial charge in [0.25, 0.3) is 0 Å². The van der Waals surface area contributed by atoms with Crippen LogP contribution in [0.3, 0.4) is 0 Å². The number of allylic oxidation sites excluding steroid dienone is 1. The van der Waals surface area contributed by atoms with Gasteiger partial charge in [0.1, 0.15) is 6.10 Å². The number of hydrogen-bond donors (Lipinski definition) is 0. The van der Waals surface area contributed by atoms with Crippen LogP contribution in [-0.2, 0) is 14.3 Å². The minimum atomic E-state index is -0.665. The molecule has 0 N–H and O–H groups in total. The molecule has 24 heavy (non-hydrogen) atoms. The smallest absolute Gasteiger partial charge is 0.339 e. The van der Waals surface area contributed by atoms with Gasteiger partial charge in [0.05, 0.1) is 6.61 Å². The van der Waals surface area contributed by atoms with Gasteiger partial charge in [-0.05, 0) is 49.5 Å². The fraction of sp³-hybridized carbons (Fsp3) is 0.762. The molecular weight excluding hydrogens is 300 g/mol. The highest BCUT2D eigenvalue weighted by Gasteiger charge is 2.35. The Morgan fingerprint density at radius 1 is 1.29 bits per heavy atom. The number of hydrogen-bond acceptors (Lipinski definition) is 3. The molecule has 138 valence electrons. The maximum Gasteiger partial charge on any atom is 0.339 e. The van der Waals surface area contributed by atoms with E-state index in [0.29, 0.717) is 29.9 Å². The van der Waals surface area contributed by atoms with Crippen molar-refractivity contribution < 1.29 is 14.3 Å². The molecule has 3 nitrogen and oxygen atoms in total. The quantitative estimate of drug-likeness (QED) is 0.423. The number of esters is 1. The SMILES string of the molecule is C=C(C)C(OC/C=C/CCC)C(=O)O[C@@H]1C[C@H](C)CC[C@H]1C(C)C. The summed E-state index contributed by atoms with van der Waals surface area (Å²) in [5.74, 6) is 1.30. The molecule has 1 aliphatic rings. The summed E-state index contributed by atoms with van der Waals surface area (Å²) in [6.45, 7) is 14.9. The van der Waals surface area contributed by atoms with Gasteiger partial charge < -0.3 is 9.47 Å². The van der Waals surface area contributed by atoms with Crippen molar-refractivity contribution in [1.82, 2.24) is 0 Å². The van der Waals surface area contributed by atoms with Crippen molar-refractivity contribution in [3.63, 3.8) is 0 Å². The molecule has 0 aliphatic heterocycles. The molecule has 0 spiro atoms. The van der Waals surface area contributed by atoms with Crippen molar-refractivity contribution in [3.05, 3.63) is 24.3 Å². The molecule has 0 amide bonds. The third kappa shape index (κ3) is 6.80. The maximum atomic E-state index is 12.6. The highest BCUT2D eigenvalue weighted by atomic mass is 16.6. The molecule has 0 saturated heterocycles. The summed E-state index contributed by atoms with van der Waals surface area (Å²) in [6.07, 6.45) is 8.83. The molecule has 1 unspecified atom stereocenters. The largest absolute Gasteiger partial charge is 0.460 e. The molecule has 1 fully saturated rings. The van der Waals surface area contributed by atoms with E-state index in [0.717, 1.165) is 25.7 Å². The first-order valence-corrected chi connectivity index (χ1v) is 9.49. The van der Waals surface area contributed by atoms with Crippen LogP contribution in [-0.4, -0.2) is 24.8 Å². The Morgan fingerprint density at radius 3 is 2.58 bits per heavy atom. The average Bonchev–Trinajstić information content (AvgIpc) is 2.50. The van der Waals surface area contributed by atoms with E-state index < -0.39 is 6.10 Å². The van der Waals surface area contributed by atoms with E-state index >= 15 is 0 Å². The lowest BCUT2D eigenvalue weighted by molar-refractivity contribution is -0.166. The predicted octanol–water partition coefficient (Wildman–Crippen LogP) is 5.31. The summed E-state index contributed by atoms with van der Waals surface area (Å²) in [4.78, 5) is 12.6. The van der Waals surface area contributed by atoms with Crippen LogP contribution < -0.4 is 0 Å². The van der Waals surface area contributed by atoms with Crippen molar-refractivity contribution in [3.8, 4) is 0 Å². The second-order valence-electron chi connectivity index (χ2n) is 7.62. The zero-order valence-corrected chi connectivity index (χ0v) is 16.2. The van der Waals surface area contributed by atoms with Crippen molar-refractivity contribution in [2.45, 2.75) is 78.9 Å². The number of carbonyl (C=O) groups excluding carboxylic acids is 1. The Hall–Kier alpha value is -1.09. The van der Waals surface area contributed by atoms with Gasteiger partial charge in [0, 0.05) is 0 Å². The summed E-state index contributed by atoms with van der Waals surface area (Å²) in [6, 6.07) is 0. The summed E-state index contributed by atoms with van der Waals surface area (Å²) in [5.41, 5.74) is 0.703. The van der Waals surface area contributed by atoms with E-state index in [4.69, 9.17) is 9.47 Å². The Kier molecular flexibility index (Phi) is 9.35. The first-order chi connectivity index (χ1) is 11.4. The van der Waals surface area contributed by atoms with Crippen molar-refractivity contribution in [2.24, 2.45) is 17.8 Å². The second-order valence-corrected chi connectivity index (χ2v) is 7.62. The van der Waals surface area contributed by atoms with Gasteiger partial charge in [-0.2, -0.15) is 0 Å². The van der Waals surface area contributed by atoms with Gasteiger partial charge in [-0.1, -0.05) is 59.3 Å². The fourth-order valence-electron chi connectivity index (χ4n) is 3.38. The van der Waals surface area contributed by atoms with Gasteiger partial charge >= 0.3 is 5.97 Å².